The topological polar surface area (TPSA) is 89.6 Å². The first kappa shape index (κ1) is 24.6. The number of ether oxygens (including phenoxy) is 1. The SMILES string of the molecule is CC(C)COC(=O)N1CCC(C(=O)Nc2nc3cc(C(F)(F)F)ccc3n2Cc2ccco2)CC1. The molecule has 188 valence electrons. The van der Waals surface area contributed by atoms with Gasteiger partial charge in [0.25, 0.3) is 0 Å². The first-order valence-corrected chi connectivity index (χ1v) is 11.4. The number of aromatic nitrogens is 2. The number of piperidine rings is 1. The van der Waals surface area contributed by atoms with E-state index in [2.05, 4.69) is 10.3 Å². The lowest BCUT2D eigenvalue weighted by Gasteiger charge is -2.30. The molecule has 1 aliphatic heterocycles. The second-order valence-electron chi connectivity index (χ2n) is 9.02. The molecule has 4 rings (SSSR count). The Morgan fingerprint density at radius 2 is 1.97 bits per heavy atom. The van der Waals surface area contributed by atoms with Crippen LogP contribution in [0.1, 0.15) is 38.0 Å². The number of alkyl halides is 3. The number of nitrogens with zero attached hydrogens (tertiary/aromatic N) is 3. The van der Waals surface area contributed by atoms with Crippen molar-refractivity contribution in [3.63, 3.8) is 0 Å². The van der Waals surface area contributed by atoms with Crippen LogP contribution in [0.25, 0.3) is 11.0 Å². The molecule has 0 saturated carbocycles. The van der Waals surface area contributed by atoms with Crippen LogP contribution in [0, 0.1) is 11.8 Å². The molecule has 1 N–H and O–H groups in total. The van der Waals surface area contributed by atoms with Gasteiger partial charge in [-0.05, 0) is 49.1 Å². The van der Waals surface area contributed by atoms with Crippen LogP contribution in [-0.2, 0) is 22.3 Å². The van der Waals surface area contributed by atoms with Crippen molar-refractivity contribution in [1.29, 1.82) is 0 Å². The van der Waals surface area contributed by atoms with Crippen LogP contribution >= 0.6 is 0 Å². The summed E-state index contributed by atoms with van der Waals surface area (Å²) < 4.78 is 51.9. The van der Waals surface area contributed by atoms with Gasteiger partial charge in [0.1, 0.15) is 5.76 Å². The van der Waals surface area contributed by atoms with Gasteiger partial charge in [-0.1, -0.05) is 13.8 Å². The molecule has 1 fully saturated rings. The average Bonchev–Trinajstić information content (AvgIpc) is 3.45. The first-order valence-electron chi connectivity index (χ1n) is 11.4. The molecule has 1 aromatic carbocycles. The summed E-state index contributed by atoms with van der Waals surface area (Å²) in [4.78, 5) is 31.0. The van der Waals surface area contributed by atoms with E-state index >= 15 is 0 Å². The number of rotatable bonds is 6. The Morgan fingerprint density at radius 1 is 1.23 bits per heavy atom. The highest BCUT2D eigenvalue weighted by Crippen LogP contribution is 2.32. The van der Waals surface area contributed by atoms with Crippen molar-refractivity contribution in [2.45, 2.75) is 39.4 Å². The van der Waals surface area contributed by atoms with Crippen molar-refractivity contribution in [2.75, 3.05) is 25.0 Å². The Hall–Kier alpha value is -3.50. The fraction of sp³-hybridized carbons (Fsp3) is 0.458. The van der Waals surface area contributed by atoms with Gasteiger partial charge in [0.05, 0.1) is 36.0 Å². The largest absolute Gasteiger partial charge is 0.467 e. The third-order valence-corrected chi connectivity index (χ3v) is 5.87. The van der Waals surface area contributed by atoms with Crippen LogP contribution in [0.5, 0.6) is 0 Å². The van der Waals surface area contributed by atoms with E-state index < -0.39 is 17.8 Å². The third kappa shape index (κ3) is 5.77. The van der Waals surface area contributed by atoms with Gasteiger partial charge in [-0.2, -0.15) is 13.2 Å². The van der Waals surface area contributed by atoms with Gasteiger partial charge in [0, 0.05) is 19.0 Å². The van der Waals surface area contributed by atoms with Crippen molar-refractivity contribution in [3.8, 4) is 0 Å². The molecule has 0 aliphatic carbocycles. The van der Waals surface area contributed by atoms with Gasteiger partial charge >= 0.3 is 12.3 Å². The number of furan rings is 1. The monoisotopic (exact) mass is 492 g/mol. The van der Waals surface area contributed by atoms with Gasteiger partial charge in [0.15, 0.2) is 0 Å². The number of benzene rings is 1. The highest BCUT2D eigenvalue weighted by Gasteiger charge is 2.32. The number of amides is 2. The number of anilines is 1. The number of hydrogen-bond acceptors (Lipinski definition) is 5. The number of halogens is 3. The number of nitrogens with one attached hydrogen (secondary N) is 1. The molecule has 35 heavy (non-hydrogen) atoms. The molecule has 1 aliphatic rings. The van der Waals surface area contributed by atoms with Crippen molar-refractivity contribution in [2.24, 2.45) is 11.8 Å². The summed E-state index contributed by atoms with van der Waals surface area (Å²) in [5, 5.41) is 2.78. The fourth-order valence-corrected chi connectivity index (χ4v) is 3.99. The minimum absolute atomic E-state index is 0.115. The summed E-state index contributed by atoms with van der Waals surface area (Å²) in [6.45, 7) is 5.19. The van der Waals surface area contributed by atoms with Crippen LogP contribution in [0.2, 0.25) is 0 Å². The quantitative estimate of drug-likeness (QED) is 0.515. The van der Waals surface area contributed by atoms with Crippen LogP contribution < -0.4 is 5.32 Å². The zero-order valence-corrected chi connectivity index (χ0v) is 19.5. The molecule has 1 saturated heterocycles. The van der Waals surface area contributed by atoms with E-state index in [1.165, 1.54) is 12.3 Å². The molecule has 0 spiro atoms. The maximum atomic E-state index is 13.2. The maximum Gasteiger partial charge on any atom is 0.416 e. The summed E-state index contributed by atoms with van der Waals surface area (Å²) in [6, 6.07) is 6.72. The zero-order chi connectivity index (χ0) is 25.2. The molecular formula is C24H27F3N4O4. The second kappa shape index (κ2) is 10.0. The Labute approximate surface area is 200 Å². The molecule has 3 heterocycles. The van der Waals surface area contributed by atoms with Crippen molar-refractivity contribution in [1.82, 2.24) is 14.5 Å². The van der Waals surface area contributed by atoms with Crippen LogP contribution in [0.3, 0.4) is 0 Å². The molecule has 0 radical (unpaired) electrons. The fourth-order valence-electron chi connectivity index (χ4n) is 3.99. The molecular weight excluding hydrogens is 465 g/mol. The van der Waals surface area contributed by atoms with E-state index in [4.69, 9.17) is 9.15 Å². The van der Waals surface area contributed by atoms with Gasteiger partial charge in [-0.3, -0.25) is 10.1 Å². The molecule has 2 aromatic heterocycles. The maximum absolute atomic E-state index is 13.2. The van der Waals surface area contributed by atoms with Crippen molar-refractivity contribution < 1.29 is 31.9 Å². The van der Waals surface area contributed by atoms with Crippen molar-refractivity contribution in [3.05, 3.63) is 47.9 Å². The number of carbonyl (C=O) groups is 2. The Bertz CT molecular complexity index is 1180. The standard InChI is InChI=1S/C24H27F3N4O4/c1-15(2)14-35-23(33)30-9-7-16(8-10-30)21(32)29-22-28-19-12-17(24(25,26)27)5-6-20(19)31(22)13-18-4-3-11-34-18/h3-6,11-12,15-16H,7-10,13-14H2,1-2H3,(H,28,29,32). The Morgan fingerprint density at radius 3 is 2.60 bits per heavy atom. The lowest BCUT2D eigenvalue weighted by Crippen LogP contribution is -2.42. The number of carbonyl (C=O) groups excluding carboxylic acids is 2. The molecule has 0 bridgehead atoms. The minimum Gasteiger partial charge on any atom is -0.467 e. The lowest BCUT2D eigenvalue weighted by molar-refractivity contribution is -0.137. The van der Waals surface area contributed by atoms with Crippen LogP contribution in [-0.4, -0.2) is 46.1 Å². The van der Waals surface area contributed by atoms with Gasteiger partial charge in [-0.25, -0.2) is 9.78 Å². The van der Waals surface area contributed by atoms with Gasteiger partial charge in [-0.15, -0.1) is 0 Å². The van der Waals surface area contributed by atoms with E-state index in [0.29, 0.717) is 43.8 Å². The Kier molecular flexibility index (Phi) is 7.04. The molecule has 0 atom stereocenters. The van der Waals surface area contributed by atoms with Gasteiger partial charge < -0.3 is 18.6 Å². The van der Waals surface area contributed by atoms with E-state index in [1.807, 2.05) is 13.8 Å². The molecule has 8 nitrogen and oxygen atoms in total. The molecule has 11 heteroatoms. The molecule has 2 amide bonds. The smallest absolute Gasteiger partial charge is 0.416 e. The second-order valence-corrected chi connectivity index (χ2v) is 9.02. The van der Waals surface area contributed by atoms with Crippen molar-refractivity contribution >= 4 is 29.0 Å². The average molecular weight is 492 g/mol. The highest BCUT2D eigenvalue weighted by molar-refractivity contribution is 5.93. The first-order chi connectivity index (χ1) is 16.6. The van der Waals surface area contributed by atoms with Crippen LogP contribution in [0.15, 0.2) is 41.0 Å². The van der Waals surface area contributed by atoms with E-state index in [0.717, 1.165) is 12.1 Å². The number of hydrogen-bond donors (Lipinski definition) is 1. The van der Waals surface area contributed by atoms with Crippen LogP contribution in [0.4, 0.5) is 23.9 Å². The van der Waals surface area contributed by atoms with E-state index in [9.17, 15) is 22.8 Å². The summed E-state index contributed by atoms with van der Waals surface area (Å²) >= 11 is 0. The highest BCUT2D eigenvalue weighted by atomic mass is 19.4. The minimum atomic E-state index is -4.51. The van der Waals surface area contributed by atoms with E-state index in [-0.39, 0.29) is 35.8 Å². The molecule has 0 unspecified atom stereocenters. The molecule has 3 aromatic rings. The number of fused-ring (bicyclic) bond motifs is 1. The predicted octanol–water partition coefficient (Wildman–Crippen LogP) is 5.14. The summed E-state index contributed by atoms with van der Waals surface area (Å²) in [7, 11) is 0. The van der Waals surface area contributed by atoms with Gasteiger partial charge in [0.2, 0.25) is 11.9 Å². The zero-order valence-electron chi connectivity index (χ0n) is 19.5. The lowest BCUT2D eigenvalue weighted by atomic mass is 9.96. The predicted molar refractivity (Wildman–Crippen MR) is 122 cm³/mol. The normalized spacial score (nSPS) is 15.1. The third-order valence-electron chi connectivity index (χ3n) is 5.87. The van der Waals surface area contributed by atoms with E-state index in [1.54, 1.807) is 21.6 Å². The summed E-state index contributed by atoms with van der Waals surface area (Å²) in [5.41, 5.74) is -0.265. The Balaban J connectivity index is 1.50. The number of likely N-dealkylation sites (tertiary alicyclic amines) is 1. The summed E-state index contributed by atoms with van der Waals surface area (Å²) in [5.74, 6) is 0.265. The number of imidazole rings is 1. The summed E-state index contributed by atoms with van der Waals surface area (Å²) in [6.07, 6.45) is -2.52.